The molecular formula is C54H79N19O11. The minimum absolute atomic E-state index is 0.00839. The number of Topliss-reactive ketones (excluding diaryl/α,β-unsaturated/α-hetero) is 1. The monoisotopic (exact) mass is 1170 g/mol. The van der Waals surface area contributed by atoms with Crippen molar-refractivity contribution in [2.75, 3.05) is 39.3 Å². The quantitative estimate of drug-likeness (QED) is 0.0288. The SMILES string of the molecule is CC(=O)N[C@H]1CCC(=O)CCNC[C@@H](C(=O)N[C@@H](CCCNC(=N)N)C(N)=O)NC(=O)CNC(=O)[C@H](Cc2ccc3ccccc3c2)NC(=O)[C@@H](CCCNC(=N)N)NC(=O)[C@H](CCCNC(=N)N)NC(=O)[C@H](Cc2ccc(O)cc2)NC1=O. The summed E-state index contributed by atoms with van der Waals surface area (Å²) in [6.45, 7) is 0.266. The number of aromatic hydroxyl groups is 1. The van der Waals surface area contributed by atoms with Gasteiger partial charge in [0, 0.05) is 65.3 Å². The number of hydrogen-bond donors (Lipinski definition) is 20. The van der Waals surface area contributed by atoms with Gasteiger partial charge in [0.25, 0.3) is 0 Å². The maximum absolute atomic E-state index is 14.7. The first-order valence-electron chi connectivity index (χ1n) is 27.3. The van der Waals surface area contributed by atoms with Crippen molar-refractivity contribution in [2.24, 2.45) is 22.9 Å². The molecule has 0 unspecified atom stereocenters. The molecule has 456 valence electrons. The van der Waals surface area contributed by atoms with Gasteiger partial charge in [-0.1, -0.05) is 54.6 Å². The molecule has 1 heterocycles. The van der Waals surface area contributed by atoms with Crippen LogP contribution in [0.2, 0.25) is 0 Å². The number of benzene rings is 3. The lowest BCUT2D eigenvalue weighted by Gasteiger charge is -2.27. The zero-order valence-corrected chi connectivity index (χ0v) is 46.8. The fourth-order valence-corrected chi connectivity index (χ4v) is 8.82. The molecule has 4 rings (SSSR count). The Bertz CT molecular complexity index is 2840. The van der Waals surface area contributed by atoms with Gasteiger partial charge in [0.1, 0.15) is 53.8 Å². The molecule has 7 atom stereocenters. The van der Waals surface area contributed by atoms with Crippen LogP contribution in [0.4, 0.5) is 0 Å². The lowest BCUT2D eigenvalue weighted by Crippen LogP contribution is -2.60. The second-order valence-electron chi connectivity index (χ2n) is 20.0. The van der Waals surface area contributed by atoms with Crippen LogP contribution in [0.1, 0.15) is 75.8 Å². The fourth-order valence-electron chi connectivity index (χ4n) is 8.82. The summed E-state index contributed by atoms with van der Waals surface area (Å²) in [5.41, 5.74) is 23.0. The Morgan fingerprint density at radius 2 is 1.15 bits per heavy atom. The van der Waals surface area contributed by atoms with Gasteiger partial charge in [-0.3, -0.25) is 64.2 Å². The van der Waals surface area contributed by atoms with Crippen molar-refractivity contribution in [1.82, 2.24) is 63.8 Å². The van der Waals surface area contributed by atoms with Crippen LogP contribution in [0.5, 0.6) is 5.75 Å². The minimum Gasteiger partial charge on any atom is -0.508 e. The molecule has 9 amide bonds. The molecule has 0 bridgehead atoms. The standard InChI is InChI=1S/C54H79N19O11/c1-30(74)67-40-19-18-36(76)20-24-62-28-43(51(84)69-37(45(55)78)9-4-21-63-52(56)57)68-44(77)29-66-46(79)41(27-32-12-15-33-7-2-3-8-34(33)25-32)72-48(81)39(11-6-23-65-54(60)61)70-47(80)38(10-5-22-64-53(58)59)71-50(83)42(73-49(40)82)26-31-13-16-35(75)17-14-31/h2-3,7-8,12-17,25,37-43,62,75H,4-6,9-11,18-24,26-29H2,1H3,(H2,55,78)(H,66,79)(H,67,74)(H,68,77)(H,69,84)(H,70,80)(H,71,83)(H,72,81)(H,73,82)(H4,56,57,63)(H4,58,59,64)(H4,60,61,65)/t37-,38-,39+,40-,41-,42-,43-/m0/s1. The second-order valence-corrected chi connectivity index (χ2v) is 20.0. The van der Waals surface area contributed by atoms with Gasteiger partial charge in [0.15, 0.2) is 17.9 Å². The highest BCUT2D eigenvalue weighted by molar-refractivity contribution is 5.98. The lowest BCUT2D eigenvalue weighted by molar-refractivity contribution is -0.135. The number of phenols is 1. The van der Waals surface area contributed by atoms with Crippen molar-refractivity contribution in [3.63, 3.8) is 0 Å². The Morgan fingerprint density at radius 1 is 0.631 bits per heavy atom. The van der Waals surface area contributed by atoms with E-state index in [4.69, 9.17) is 39.2 Å². The average Bonchev–Trinajstić information content (AvgIpc) is 3.55. The van der Waals surface area contributed by atoms with E-state index in [-0.39, 0.29) is 127 Å². The normalized spacial score (nSPS) is 20.4. The van der Waals surface area contributed by atoms with E-state index in [9.17, 15) is 53.1 Å². The Kier molecular flexibility index (Phi) is 27.6. The summed E-state index contributed by atoms with van der Waals surface area (Å²) in [5.74, 6) is -9.33. The highest BCUT2D eigenvalue weighted by atomic mass is 16.3. The molecular weight excluding hydrogens is 1090 g/mol. The molecule has 3 aromatic rings. The topological polar surface area (TPSA) is 511 Å². The van der Waals surface area contributed by atoms with E-state index in [0.29, 0.717) is 11.1 Å². The molecule has 84 heavy (non-hydrogen) atoms. The number of phenolic OH excluding ortho intramolecular Hbond substituents is 1. The number of nitrogens with one attached hydrogen (secondary N) is 15. The number of guanidine groups is 3. The molecule has 0 saturated carbocycles. The highest BCUT2D eigenvalue weighted by Gasteiger charge is 2.34. The number of nitrogens with two attached hydrogens (primary N) is 4. The number of carbonyl (C=O) groups is 10. The van der Waals surface area contributed by atoms with Gasteiger partial charge >= 0.3 is 0 Å². The fraction of sp³-hybridized carbons (Fsp3) is 0.463. The number of rotatable bonds is 20. The number of carbonyl (C=O) groups excluding carboxylic acids is 10. The maximum Gasteiger partial charge on any atom is 0.244 e. The summed E-state index contributed by atoms with van der Waals surface area (Å²) in [7, 11) is 0. The minimum atomic E-state index is -1.47. The van der Waals surface area contributed by atoms with Gasteiger partial charge in [0.05, 0.1) is 6.54 Å². The number of ketones is 1. The van der Waals surface area contributed by atoms with Gasteiger partial charge in [-0.15, -0.1) is 0 Å². The van der Waals surface area contributed by atoms with Crippen LogP contribution < -0.4 is 86.7 Å². The molecule has 1 aliphatic rings. The second kappa shape index (κ2) is 34.6. The van der Waals surface area contributed by atoms with Gasteiger partial charge in [0.2, 0.25) is 53.2 Å². The van der Waals surface area contributed by atoms with Crippen molar-refractivity contribution < 1.29 is 53.1 Å². The number of hydrogen-bond acceptors (Lipinski definition) is 15. The van der Waals surface area contributed by atoms with Gasteiger partial charge in [-0.25, -0.2) is 0 Å². The zero-order valence-electron chi connectivity index (χ0n) is 46.8. The van der Waals surface area contributed by atoms with Gasteiger partial charge < -0.3 is 91.8 Å². The number of amides is 9. The summed E-state index contributed by atoms with van der Waals surface area (Å²) in [6, 6.07) is 8.57. The molecule has 24 N–H and O–H groups in total. The van der Waals surface area contributed by atoms with Gasteiger partial charge in [-0.2, -0.15) is 0 Å². The van der Waals surface area contributed by atoms with Crippen LogP contribution in [0.3, 0.4) is 0 Å². The Hall–Kier alpha value is -9.61. The summed E-state index contributed by atoms with van der Waals surface area (Å²) in [5, 5.41) is 65.9. The first-order chi connectivity index (χ1) is 40.0. The predicted octanol–water partition coefficient (Wildman–Crippen LogP) is -4.52. The van der Waals surface area contributed by atoms with Crippen molar-refractivity contribution in [1.29, 1.82) is 16.2 Å². The molecule has 0 aromatic heterocycles. The maximum atomic E-state index is 14.7. The zero-order chi connectivity index (χ0) is 61.7. The molecule has 0 aliphatic carbocycles. The number of fused-ring (bicyclic) bond motifs is 1. The third-order valence-electron chi connectivity index (χ3n) is 13.2. The van der Waals surface area contributed by atoms with Crippen molar-refractivity contribution >= 4 is 87.6 Å². The van der Waals surface area contributed by atoms with E-state index in [1.54, 1.807) is 12.1 Å². The van der Waals surface area contributed by atoms with Crippen LogP contribution in [-0.2, 0) is 60.8 Å². The summed E-state index contributed by atoms with van der Waals surface area (Å²) < 4.78 is 0. The van der Waals surface area contributed by atoms with E-state index in [2.05, 4.69) is 63.8 Å². The number of primary amides is 1. The summed E-state index contributed by atoms with van der Waals surface area (Å²) in [4.78, 5) is 138. The van der Waals surface area contributed by atoms with Crippen LogP contribution in [0.15, 0.2) is 66.7 Å². The first kappa shape index (κ1) is 66.9. The van der Waals surface area contributed by atoms with Crippen LogP contribution in [-0.4, -0.2) is 163 Å². The lowest BCUT2D eigenvalue weighted by atomic mass is 10.00. The molecule has 3 aromatic carbocycles. The molecule has 30 heteroatoms. The van der Waals surface area contributed by atoms with Crippen LogP contribution in [0.25, 0.3) is 10.8 Å². The largest absolute Gasteiger partial charge is 0.508 e. The molecule has 0 spiro atoms. The molecule has 30 nitrogen and oxygen atoms in total. The Morgan fingerprint density at radius 3 is 1.74 bits per heavy atom. The van der Waals surface area contributed by atoms with Crippen LogP contribution in [0, 0.1) is 16.2 Å². The van der Waals surface area contributed by atoms with Crippen molar-refractivity contribution in [2.45, 2.75) is 120 Å². The summed E-state index contributed by atoms with van der Waals surface area (Å²) >= 11 is 0. The highest BCUT2D eigenvalue weighted by Crippen LogP contribution is 2.18. The van der Waals surface area contributed by atoms with Crippen molar-refractivity contribution in [3.05, 3.63) is 77.9 Å². The Balaban J connectivity index is 1.79. The average molecular weight is 1170 g/mol. The third-order valence-corrected chi connectivity index (χ3v) is 13.2. The molecule has 0 radical (unpaired) electrons. The molecule has 1 aliphatic heterocycles. The predicted molar refractivity (Wildman–Crippen MR) is 310 cm³/mol. The third kappa shape index (κ3) is 24.6. The van der Waals surface area contributed by atoms with E-state index >= 15 is 0 Å². The van der Waals surface area contributed by atoms with E-state index < -0.39 is 108 Å². The van der Waals surface area contributed by atoms with Gasteiger partial charge in [-0.05, 0) is 79.0 Å². The van der Waals surface area contributed by atoms with E-state index in [0.717, 1.165) is 17.7 Å². The van der Waals surface area contributed by atoms with E-state index in [1.165, 1.54) is 24.3 Å². The first-order valence-corrected chi connectivity index (χ1v) is 27.3. The molecule has 1 saturated heterocycles. The molecule has 1 fully saturated rings. The van der Waals surface area contributed by atoms with Crippen molar-refractivity contribution in [3.8, 4) is 5.75 Å². The Labute approximate surface area is 484 Å². The van der Waals surface area contributed by atoms with E-state index in [1.807, 2.05) is 30.3 Å². The smallest absolute Gasteiger partial charge is 0.244 e. The van der Waals surface area contributed by atoms with Crippen LogP contribution >= 0.6 is 0 Å². The summed E-state index contributed by atoms with van der Waals surface area (Å²) in [6.07, 6.45) is -0.864.